The Morgan fingerprint density at radius 2 is 2.33 bits per heavy atom. The highest BCUT2D eigenvalue weighted by Crippen LogP contribution is 2.25. The van der Waals surface area contributed by atoms with Gasteiger partial charge in [0, 0.05) is 18.0 Å². The summed E-state index contributed by atoms with van der Waals surface area (Å²) in [5.41, 5.74) is 1.29. The third-order valence-electron chi connectivity index (χ3n) is 2.14. The molecule has 1 heterocycles. The summed E-state index contributed by atoms with van der Waals surface area (Å²) in [7, 11) is 1.57. The number of benzene rings is 1. The second kappa shape index (κ2) is 3.96. The number of para-hydroxylation sites is 1. The summed E-state index contributed by atoms with van der Waals surface area (Å²) in [6.07, 6.45) is 5.86. The van der Waals surface area contributed by atoms with Crippen molar-refractivity contribution in [2.45, 2.75) is 0 Å². The number of ether oxygens (including phenoxy) is 1. The second-order valence-corrected chi connectivity index (χ2v) is 2.99. The quantitative estimate of drug-likeness (QED) is 0.711. The van der Waals surface area contributed by atoms with Crippen LogP contribution in [0.2, 0.25) is 0 Å². The van der Waals surface area contributed by atoms with E-state index >= 15 is 0 Å². The van der Waals surface area contributed by atoms with Gasteiger partial charge in [-0.15, -0.1) is 0 Å². The summed E-state index contributed by atoms with van der Waals surface area (Å²) < 4.78 is 6.96. The number of hydrogen-bond donors (Lipinski definition) is 0. The van der Waals surface area contributed by atoms with Crippen molar-refractivity contribution >= 4 is 6.29 Å². The van der Waals surface area contributed by atoms with Crippen LogP contribution in [0.5, 0.6) is 5.75 Å². The van der Waals surface area contributed by atoms with Crippen LogP contribution in [0, 0.1) is 0 Å². The van der Waals surface area contributed by atoms with Crippen LogP contribution in [0.4, 0.5) is 0 Å². The van der Waals surface area contributed by atoms with Gasteiger partial charge in [-0.2, -0.15) is 0 Å². The first-order valence-electron chi connectivity index (χ1n) is 4.47. The Morgan fingerprint density at radius 3 is 2.93 bits per heavy atom. The molecule has 0 aliphatic carbocycles. The minimum absolute atomic E-state index is 0.576. The number of rotatable bonds is 3. The van der Waals surface area contributed by atoms with E-state index in [0.29, 0.717) is 17.0 Å². The number of aldehydes is 1. The molecule has 4 nitrogen and oxygen atoms in total. The van der Waals surface area contributed by atoms with Crippen LogP contribution in [0.3, 0.4) is 0 Å². The number of nitrogens with zero attached hydrogens (tertiary/aromatic N) is 2. The Balaban J connectivity index is 2.66. The first kappa shape index (κ1) is 9.45. The molecule has 0 unspecified atom stereocenters. The number of hydrogen-bond acceptors (Lipinski definition) is 3. The lowest BCUT2D eigenvalue weighted by Gasteiger charge is -2.10. The summed E-state index contributed by atoms with van der Waals surface area (Å²) in [5.74, 6) is 0.651. The highest BCUT2D eigenvalue weighted by atomic mass is 16.5. The molecule has 0 aliphatic heterocycles. The summed E-state index contributed by atoms with van der Waals surface area (Å²) in [4.78, 5) is 14.8. The van der Waals surface area contributed by atoms with Crippen LogP contribution in [-0.2, 0) is 0 Å². The summed E-state index contributed by atoms with van der Waals surface area (Å²) in [6, 6.07) is 5.33. The molecule has 0 radical (unpaired) electrons. The van der Waals surface area contributed by atoms with E-state index in [-0.39, 0.29) is 0 Å². The molecule has 0 spiro atoms. The van der Waals surface area contributed by atoms with E-state index in [1.807, 2.05) is 6.07 Å². The molecular formula is C11H10N2O2. The van der Waals surface area contributed by atoms with Gasteiger partial charge in [0.25, 0.3) is 0 Å². The van der Waals surface area contributed by atoms with E-state index in [4.69, 9.17) is 4.74 Å². The topological polar surface area (TPSA) is 44.1 Å². The molecule has 0 bridgehead atoms. The Labute approximate surface area is 87.1 Å². The molecule has 0 amide bonds. The van der Waals surface area contributed by atoms with Crippen molar-refractivity contribution in [3.63, 3.8) is 0 Å². The SMILES string of the molecule is COc1cccc(C=O)c1-n1ccnc1. The highest BCUT2D eigenvalue weighted by Gasteiger charge is 2.09. The fraction of sp³-hybridized carbons (Fsp3) is 0.0909. The van der Waals surface area contributed by atoms with Crippen LogP contribution < -0.4 is 4.74 Å². The first-order valence-corrected chi connectivity index (χ1v) is 4.47. The summed E-state index contributed by atoms with van der Waals surface area (Å²) in [6.45, 7) is 0. The molecule has 76 valence electrons. The van der Waals surface area contributed by atoms with Crippen LogP contribution in [-0.4, -0.2) is 22.9 Å². The molecular weight excluding hydrogens is 192 g/mol. The van der Waals surface area contributed by atoms with Gasteiger partial charge in [-0.05, 0) is 12.1 Å². The Bertz CT molecular complexity index is 463. The maximum absolute atomic E-state index is 10.9. The molecule has 0 saturated heterocycles. The van der Waals surface area contributed by atoms with Gasteiger partial charge in [0.15, 0.2) is 6.29 Å². The van der Waals surface area contributed by atoms with Crippen molar-refractivity contribution in [2.24, 2.45) is 0 Å². The molecule has 0 fully saturated rings. The molecule has 2 aromatic rings. The van der Waals surface area contributed by atoms with Gasteiger partial charge in [-0.25, -0.2) is 4.98 Å². The van der Waals surface area contributed by atoms with Crippen LogP contribution in [0.25, 0.3) is 5.69 Å². The van der Waals surface area contributed by atoms with Gasteiger partial charge in [-0.1, -0.05) is 6.07 Å². The zero-order valence-corrected chi connectivity index (χ0v) is 8.25. The van der Waals surface area contributed by atoms with Crippen molar-refractivity contribution in [3.8, 4) is 11.4 Å². The first-order chi connectivity index (χ1) is 7.36. The minimum atomic E-state index is 0.576. The highest BCUT2D eigenvalue weighted by molar-refractivity contribution is 5.83. The van der Waals surface area contributed by atoms with E-state index in [0.717, 1.165) is 6.29 Å². The van der Waals surface area contributed by atoms with E-state index < -0.39 is 0 Å². The van der Waals surface area contributed by atoms with Crippen molar-refractivity contribution in [2.75, 3.05) is 7.11 Å². The molecule has 0 atom stereocenters. The van der Waals surface area contributed by atoms with Crippen LogP contribution >= 0.6 is 0 Å². The lowest BCUT2D eigenvalue weighted by molar-refractivity contribution is 0.112. The van der Waals surface area contributed by atoms with Gasteiger partial charge >= 0.3 is 0 Å². The Kier molecular flexibility index (Phi) is 2.49. The van der Waals surface area contributed by atoms with E-state index in [1.54, 1.807) is 42.5 Å². The van der Waals surface area contributed by atoms with Gasteiger partial charge in [0.2, 0.25) is 0 Å². The predicted molar refractivity (Wildman–Crippen MR) is 55.5 cm³/mol. The third-order valence-corrected chi connectivity index (χ3v) is 2.14. The normalized spacial score (nSPS) is 9.93. The lowest BCUT2D eigenvalue weighted by Crippen LogP contribution is -2.00. The molecule has 4 heteroatoms. The lowest BCUT2D eigenvalue weighted by atomic mass is 10.2. The van der Waals surface area contributed by atoms with E-state index in [1.165, 1.54) is 0 Å². The Morgan fingerprint density at radius 1 is 1.47 bits per heavy atom. The Hall–Kier alpha value is -2.10. The molecule has 0 N–H and O–H groups in total. The second-order valence-electron chi connectivity index (χ2n) is 2.99. The minimum Gasteiger partial charge on any atom is -0.495 e. The number of carbonyl (C=O) groups is 1. The van der Waals surface area contributed by atoms with Crippen LogP contribution in [0.1, 0.15) is 10.4 Å². The molecule has 1 aromatic carbocycles. The van der Waals surface area contributed by atoms with Crippen molar-refractivity contribution in [3.05, 3.63) is 42.5 Å². The largest absolute Gasteiger partial charge is 0.495 e. The molecule has 0 saturated carbocycles. The molecule has 0 aliphatic rings. The van der Waals surface area contributed by atoms with E-state index in [9.17, 15) is 4.79 Å². The van der Waals surface area contributed by atoms with Crippen molar-refractivity contribution in [1.82, 2.24) is 9.55 Å². The standard InChI is InChI=1S/C11H10N2O2/c1-15-10-4-2-3-9(7-14)11(10)13-6-5-12-8-13/h2-8H,1H3. The average molecular weight is 202 g/mol. The fourth-order valence-corrected chi connectivity index (χ4v) is 1.47. The smallest absolute Gasteiger partial charge is 0.152 e. The number of carbonyl (C=O) groups excluding carboxylic acids is 1. The number of methoxy groups -OCH3 is 1. The van der Waals surface area contributed by atoms with Gasteiger partial charge < -0.3 is 9.30 Å². The predicted octanol–water partition coefficient (Wildman–Crippen LogP) is 1.69. The maximum Gasteiger partial charge on any atom is 0.152 e. The van der Waals surface area contributed by atoms with Gasteiger partial charge in [-0.3, -0.25) is 4.79 Å². The van der Waals surface area contributed by atoms with Crippen LogP contribution in [0.15, 0.2) is 36.9 Å². The number of imidazole rings is 1. The molecule has 15 heavy (non-hydrogen) atoms. The zero-order valence-electron chi connectivity index (χ0n) is 8.25. The summed E-state index contributed by atoms with van der Waals surface area (Å²) in [5, 5.41) is 0. The van der Waals surface area contributed by atoms with E-state index in [2.05, 4.69) is 4.98 Å². The van der Waals surface area contributed by atoms with Gasteiger partial charge in [0.05, 0.1) is 19.1 Å². The average Bonchev–Trinajstić information content (AvgIpc) is 2.81. The maximum atomic E-state index is 10.9. The third kappa shape index (κ3) is 1.61. The van der Waals surface area contributed by atoms with Crippen molar-refractivity contribution < 1.29 is 9.53 Å². The summed E-state index contributed by atoms with van der Waals surface area (Å²) >= 11 is 0. The fourth-order valence-electron chi connectivity index (χ4n) is 1.47. The molecule has 2 rings (SSSR count). The van der Waals surface area contributed by atoms with Crippen molar-refractivity contribution in [1.29, 1.82) is 0 Å². The monoisotopic (exact) mass is 202 g/mol. The van der Waals surface area contributed by atoms with Gasteiger partial charge in [0.1, 0.15) is 5.75 Å². The zero-order chi connectivity index (χ0) is 10.7. The number of aromatic nitrogens is 2. The molecule has 1 aromatic heterocycles.